The number of nitrogens with zero attached hydrogens (tertiary/aromatic N) is 4. The number of ether oxygens (including phenoxy) is 1. The van der Waals surface area contributed by atoms with Gasteiger partial charge in [0.2, 0.25) is 5.91 Å². The van der Waals surface area contributed by atoms with E-state index in [-0.39, 0.29) is 5.41 Å². The smallest absolute Gasteiger partial charge is 0.230 e. The number of hydrogen-bond donors (Lipinski definition) is 0. The molecule has 25 heavy (non-hydrogen) atoms. The van der Waals surface area contributed by atoms with Crippen molar-refractivity contribution in [3.63, 3.8) is 0 Å². The van der Waals surface area contributed by atoms with Gasteiger partial charge in [0.05, 0.1) is 17.7 Å². The normalized spacial score (nSPS) is 27.6. The van der Waals surface area contributed by atoms with Crippen LogP contribution in [0.25, 0.3) is 0 Å². The summed E-state index contributed by atoms with van der Waals surface area (Å²) in [5, 5.41) is 0. The van der Waals surface area contributed by atoms with Crippen molar-refractivity contribution >= 4 is 11.7 Å². The van der Waals surface area contributed by atoms with E-state index in [4.69, 9.17) is 4.74 Å². The second-order valence-electron chi connectivity index (χ2n) is 7.79. The van der Waals surface area contributed by atoms with E-state index >= 15 is 0 Å². The molecule has 1 aliphatic carbocycles. The predicted octanol–water partition coefficient (Wildman–Crippen LogP) is 2.38. The number of rotatable bonds is 4. The highest BCUT2D eigenvalue weighted by Gasteiger charge is 2.50. The summed E-state index contributed by atoms with van der Waals surface area (Å²) in [6, 6.07) is 2.48. The van der Waals surface area contributed by atoms with Gasteiger partial charge in [0.25, 0.3) is 0 Å². The third-order valence-electron chi connectivity index (χ3n) is 6.21. The van der Waals surface area contributed by atoms with E-state index in [1.807, 2.05) is 6.07 Å². The Kier molecular flexibility index (Phi) is 4.63. The van der Waals surface area contributed by atoms with Crippen LogP contribution in [-0.2, 0) is 16.1 Å². The van der Waals surface area contributed by atoms with Crippen LogP contribution in [0.1, 0.15) is 50.6 Å². The second-order valence-corrected chi connectivity index (χ2v) is 7.79. The van der Waals surface area contributed by atoms with Crippen LogP contribution >= 0.6 is 0 Å². The van der Waals surface area contributed by atoms with Crippen LogP contribution in [0.15, 0.2) is 12.4 Å². The van der Waals surface area contributed by atoms with E-state index in [1.165, 1.54) is 25.7 Å². The Morgan fingerprint density at radius 1 is 1.20 bits per heavy atom. The maximum absolute atomic E-state index is 13.3. The Hall–Kier alpha value is -1.69. The molecule has 2 saturated heterocycles. The van der Waals surface area contributed by atoms with Crippen LogP contribution in [0.4, 0.5) is 5.82 Å². The maximum atomic E-state index is 13.3. The Morgan fingerprint density at radius 3 is 2.84 bits per heavy atom. The number of amides is 1. The minimum absolute atomic E-state index is 0.201. The van der Waals surface area contributed by atoms with Crippen molar-refractivity contribution in [1.29, 1.82) is 0 Å². The van der Waals surface area contributed by atoms with Crippen molar-refractivity contribution in [3.05, 3.63) is 18.1 Å². The van der Waals surface area contributed by atoms with Gasteiger partial charge in [-0.15, -0.1) is 0 Å². The number of piperidine rings is 1. The van der Waals surface area contributed by atoms with Crippen LogP contribution in [0.5, 0.6) is 0 Å². The molecule has 0 bridgehead atoms. The molecular formula is C19H28N4O2. The molecule has 1 aromatic rings. The maximum Gasteiger partial charge on any atom is 0.230 e. The largest absolute Gasteiger partial charge is 0.378 e. The first-order valence-electron chi connectivity index (χ1n) is 9.58. The van der Waals surface area contributed by atoms with Crippen molar-refractivity contribution in [2.24, 2.45) is 5.41 Å². The summed E-state index contributed by atoms with van der Waals surface area (Å²) in [5.74, 6) is 1.32. The van der Waals surface area contributed by atoms with Crippen LogP contribution in [0.3, 0.4) is 0 Å². The highest BCUT2D eigenvalue weighted by molar-refractivity contribution is 5.85. The lowest BCUT2D eigenvalue weighted by atomic mass is 9.77. The zero-order valence-corrected chi connectivity index (χ0v) is 15.1. The topological polar surface area (TPSA) is 58.6 Å². The molecule has 1 saturated carbocycles. The van der Waals surface area contributed by atoms with E-state index in [0.717, 1.165) is 50.4 Å². The molecule has 6 heteroatoms. The van der Waals surface area contributed by atoms with E-state index < -0.39 is 0 Å². The highest BCUT2D eigenvalue weighted by atomic mass is 16.5. The minimum Gasteiger partial charge on any atom is -0.378 e. The summed E-state index contributed by atoms with van der Waals surface area (Å²) in [6.45, 7) is 3.13. The number of carbonyl (C=O) groups excluding carboxylic acids is 1. The molecule has 136 valence electrons. The molecule has 0 aromatic carbocycles. The SMILES string of the molecule is COCc1cc(N2CC[C@]3(CCCN(C4CCCC4)C3=O)C2)ncn1. The standard InChI is InChI=1S/C19H28N4O2/c1-25-12-15-11-17(21-14-20-15)22-10-8-19(13-22)7-4-9-23(18(19)24)16-5-2-3-6-16/h11,14,16H,2-10,12-13H2,1H3/t19-/m1/s1. The summed E-state index contributed by atoms with van der Waals surface area (Å²) in [4.78, 5) is 26.5. The second kappa shape index (κ2) is 6.90. The fraction of sp³-hybridized carbons (Fsp3) is 0.737. The highest BCUT2D eigenvalue weighted by Crippen LogP contribution is 2.43. The fourth-order valence-electron chi connectivity index (χ4n) is 4.90. The number of hydrogen-bond acceptors (Lipinski definition) is 5. The van der Waals surface area contributed by atoms with Gasteiger partial charge in [-0.25, -0.2) is 9.97 Å². The summed E-state index contributed by atoms with van der Waals surface area (Å²) in [6.07, 6.45) is 9.63. The zero-order valence-electron chi connectivity index (χ0n) is 15.1. The number of likely N-dealkylation sites (tertiary alicyclic amines) is 1. The predicted molar refractivity (Wildman–Crippen MR) is 95.2 cm³/mol. The molecule has 3 fully saturated rings. The minimum atomic E-state index is -0.201. The number of methoxy groups -OCH3 is 1. The monoisotopic (exact) mass is 344 g/mol. The van der Waals surface area contributed by atoms with E-state index in [9.17, 15) is 4.79 Å². The molecule has 1 amide bonds. The first kappa shape index (κ1) is 16.8. The Balaban J connectivity index is 1.50. The molecule has 3 aliphatic rings. The quantitative estimate of drug-likeness (QED) is 0.839. The van der Waals surface area contributed by atoms with Crippen LogP contribution in [-0.4, -0.2) is 53.6 Å². The Morgan fingerprint density at radius 2 is 2.04 bits per heavy atom. The summed E-state index contributed by atoms with van der Waals surface area (Å²) in [7, 11) is 1.67. The van der Waals surface area contributed by atoms with Gasteiger partial charge in [0.1, 0.15) is 12.1 Å². The van der Waals surface area contributed by atoms with Gasteiger partial charge in [-0.2, -0.15) is 0 Å². The van der Waals surface area contributed by atoms with Crippen molar-refractivity contribution in [3.8, 4) is 0 Å². The van der Waals surface area contributed by atoms with E-state index in [1.54, 1.807) is 13.4 Å². The lowest BCUT2D eigenvalue weighted by molar-refractivity contribution is -0.147. The molecule has 0 radical (unpaired) electrons. The first-order valence-corrected chi connectivity index (χ1v) is 9.58. The fourth-order valence-corrected chi connectivity index (χ4v) is 4.90. The average Bonchev–Trinajstić information content (AvgIpc) is 3.29. The molecule has 1 atom stereocenters. The summed E-state index contributed by atoms with van der Waals surface area (Å²) >= 11 is 0. The van der Waals surface area contributed by atoms with Gasteiger partial charge in [-0.3, -0.25) is 4.79 Å². The molecule has 3 heterocycles. The summed E-state index contributed by atoms with van der Waals surface area (Å²) < 4.78 is 5.17. The van der Waals surface area contributed by atoms with Crippen molar-refractivity contribution < 1.29 is 9.53 Å². The van der Waals surface area contributed by atoms with E-state index in [0.29, 0.717) is 18.6 Å². The van der Waals surface area contributed by atoms with Crippen molar-refractivity contribution in [1.82, 2.24) is 14.9 Å². The van der Waals surface area contributed by atoms with Crippen molar-refractivity contribution in [2.45, 2.75) is 57.6 Å². The molecule has 2 aliphatic heterocycles. The van der Waals surface area contributed by atoms with Gasteiger partial charge in [-0.05, 0) is 32.1 Å². The molecule has 4 rings (SSSR count). The third kappa shape index (κ3) is 3.12. The Labute approximate surface area is 149 Å². The number of anilines is 1. The average molecular weight is 344 g/mol. The number of carbonyl (C=O) groups is 1. The molecule has 0 N–H and O–H groups in total. The zero-order chi connectivity index (χ0) is 17.3. The molecule has 0 unspecified atom stereocenters. The summed E-state index contributed by atoms with van der Waals surface area (Å²) in [5.41, 5.74) is 0.684. The van der Waals surface area contributed by atoms with Gasteiger partial charge < -0.3 is 14.5 Å². The molecule has 1 aromatic heterocycles. The van der Waals surface area contributed by atoms with E-state index in [2.05, 4.69) is 19.8 Å². The van der Waals surface area contributed by atoms with Crippen LogP contribution in [0.2, 0.25) is 0 Å². The lowest BCUT2D eigenvalue weighted by Gasteiger charge is -2.42. The molecule has 6 nitrogen and oxygen atoms in total. The third-order valence-corrected chi connectivity index (χ3v) is 6.21. The van der Waals surface area contributed by atoms with Gasteiger partial charge >= 0.3 is 0 Å². The molecular weight excluding hydrogens is 316 g/mol. The van der Waals surface area contributed by atoms with Gasteiger partial charge in [-0.1, -0.05) is 12.8 Å². The van der Waals surface area contributed by atoms with Crippen LogP contribution in [0, 0.1) is 5.41 Å². The number of aromatic nitrogens is 2. The Bertz CT molecular complexity index is 632. The molecule has 1 spiro atoms. The first-order chi connectivity index (χ1) is 12.2. The van der Waals surface area contributed by atoms with Crippen LogP contribution < -0.4 is 4.90 Å². The lowest BCUT2D eigenvalue weighted by Crippen LogP contribution is -2.53. The van der Waals surface area contributed by atoms with Gasteiger partial charge in [0.15, 0.2) is 0 Å². The van der Waals surface area contributed by atoms with Crippen molar-refractivity contribution in [2.75, 3.05) is 31.6 Å². The van der Waals surface area contributed by atoms with Gasteiger partial charge in [0, 0.05) is 38.9 Å².